The number of benzene rings is 1. The Kier molecular flexibility index (Phi) is 5.97. The van der Waals surface area contributed by atoms with Crippen molar-refractivity contribution in [1.82, 2.24) is 24.5 Å². The molecule has 34 heavy (non-hydrogen) atoms. The number of carbonyl (C=O) groups is 1. The van der Waals surface area contributed by atoms with Gasteiger partial charge in [0.2, 0.25) is 5.75 Å². The van der Waals surface area contributed by atoms with E-state index in [-0.39, 0.29) is 11.5 Å². The summed E-state index contributed by atoms with van der Waals surface area (Å²) in [4.78, 5) is 30.0. The second-order valence-corrected chi connectivity index (χ2v) is 7.74. The molecule has 1 amide bonds. The molecule has 0 radical (unpaired) electrons. The third-order valence-corrected chi connectivity index (χ3v) is 5.71. The van der Waals surface area contributed by atoms with Crippen LogP contribution in [-0.2, 0) is 14.1 Å². The Morgan fingerprint density at radius 1 is 1.26 bits per heavy atom. The maximum atomic E-state index is 12.8. The molecule has 0 fully saturated rings. The zero-order chi connectivity index (χ0) is 24.4. The van der Waals surface area contributed by atoms with Gasteiger partial charge in [0.25, 0.3) is 11.5 Å². The molecule has 0 unspecified atom stereocenters. The molecule has 3 aromatic heterocycles. The Bertz CT molecular complexity index is 1450. The molecule has 1 aromatic carbocycles. The number of carbonyl (C=O) groups excluding carboxylic acids is 1. The zero-order valence-electron chi connectivity index (χ0n) is 18.6. The Morgan fingerprint density at radius 2 is 2.03 bits per heavy atom. The lowest BCUT2D eigenvalue weighted by Crippen LogP contribution is -2.30. The van der Waals surface area contributed by atoms with Crippen LogP contribution in [0.1, 0.15) is 51.9 Å². The Hall–Kier alpha value is -4.72. The van der Waals surface area contributed by atoms with Gasteiger partial charge in [-0.05, 0) is 17.7 Å². The number of hydrogen-bond donors (Lipinski definition) is 2. The van der Waals surface area contributed by atoms with Gasteiger partial charge in [0.05, 0.1) is 17.8 Å². The Labute approximate surface area is 193 Å². The maximum Gasteiger partial charge on any atom is 0.296 e. The van der Waals surface area contributed by atoms with Crippen molar-refractivity contribution in [3.8, 4) is 11.8 Å². The van der Waals surface area contributed by atoms with E-state index in [1.807, 2.05) is 25.1 Å². The average Bonchev–Trinajstić information content (AvgIpc) is 3.50. The molecule has 0 saturated carbocycles. The van der Waals surface area contributed by atoms with Gasteiger partial charge in [-0.25, -0.2) is 4.98 Å². The summed E-state index contributed by atoms with van der Waals surface area (Å²) in [6.07, 6.45) is 4.12. The van der Waals surface area contributed by atoms with Crippen LogP contribution in [0.2, 0.25) is 0 Å². The molecule has 2 N–H and O–H groups in total. The van der Waals surface area contributed by atoms with E-state index in [4.69, 9.17) is 4.52 Å². The van der Waals surface area contributed by atoms with Gasteiger partial charge >= 0.3 is 0 Å². The molecular weight excluding hydrogens is 438 g/mol. The SMILES string of the molecule is C[C@@H](c1nc(C(=O)Nc2cnoc2)c(O)c(=O)n1C)[C@H](c1ccccc1C#N)c1ccnn1C. The van der Waals surface area contributed by atoms with Gasteiger partial charge in [0.1, 0.15) is 17.8 Å². The fourth-order valence-corrected chi connectivity index (χ4v) is 4.02. The number of nitrogens with zero attached hydrogens (tertiary/aromatic N) is 6. The van der Waals surface area contributed by atoms with E-state index >= 15 is 0 Å². The topological polar surface area (TPSA) is 152 Å². The first-order chi connectivity index (χ1) is 16.3. The summed E-state index contributed by atoms with van der Waals surface area (Å²) in [6, 6.07) is 11.2. The lowest BCUT2D eigenvalue weighted by Gasteiger charge is -2.27. The van der Waals surface area contributed by atoms with Crippen LogP contribution in [0.5, 0.6) is 5.75 Å². The maximum absolute atomic E-state index is 12.8. The minimum Gasteiger partial charge on any atom is -0.501 e. The van der Waals surface area contributed by atoms with Crippen LogP contribution in [0, 0.1) is 11.3 Å². The first kappa shape index (κ1) is 22.5. The highest BCUT2D eigenvalue weighted by Crippen LogP contribution is 2.38. The number of hydrogen-bond acceptors (Lipinski definition) is 8. The summed E-state index contributed by atoms with van der Waals surface area (Å²) in [6.45, 7) is 1.84. The summed E-state index contributed by atoms with van der Waals surface area (Å²) < 4.78 is 7.58. The number of anilines is 1. The molecule has 3 heterocycles. The minimum absolute atomic E-state index is 0.247. The Balaban J connectivity index is 1.87. The summed E-state index contributed by atoms with van der Waals surface area (Å²) in [7, 11) is 3.25. The van der Waals surface area contributed by atoms with Crippen molar-refractivity contribution < 1.29 is 14.4 Å². The normalized spacial score (nSPS) is 12.6. The number of aromatic hydroxyl groups is 1. The molecule has 4 rings (SSSR count). The largest absolute Gasteiger partial charge is 0.501 e. The smallest absolute Gasteiger partial charge is 0.296 e. The van der Waals surface area contributed by atoms with Crippen LogP contribution in [0.3, 0.4) is 0 Å². The molecular formula is C23H21N7O4. The van der Waals surface area contributed by atoms with Crippen molar-refractivity contribution in [2.75, 3.05) is 5.32 Å². The third kappa shape index (κ3) is 3.93. The molecule has 0 saturated heterocycles. The summed E-state index contributed by atoms with van der Waals surface area (Å²) in [5.74, 6) is -2.24. The first-order valence-electron chi connectivity index (χ1n) is 10.3. The van der Waals surface area contributed by atoms with Crippen molar-refractivity contribution in [2.45, 2.75) is 18.8 Å². The van der Waals surface area contributed by atoms with E-state index in [0.29, 0.717) is 5.56 Å². The molecule has 0 spiro atoms. The second kappa shape index (κ2) is 9.03. The van der Waals surface area contributed by atoms with E-state index in [1.165, 1.54) is 24.1 Å². The van der Waals surface area contributed by atoms with Crippen LogP contribution in [0.25, 0.3) is 0 Å². The quantitative estimate of drug-likeness (QED) is 0.445. The highest BCUT2D eigenvalue weighted by molar-refractivity contribution is 6.04. The lowest BCUT2D eigenvalue weighted by atomic mass is 9.81. The van der Waals surface area contributed by atoms with Crippen molar-refractivity contribution in [1.29, 1.82) is 5.26 Å². The molecule has 0 aliphatic heterocycles. The summed E-state index contributed by atoms with van der Waals surface area (Å²) in [5.41, 5.74) is 1.02. The number of nitriles is 1. The number of rotatable bonds is 6. The number of aryl methyl sites for hydroxylation is 1. The molecule has 0 aliphatic carbocycles. The molecule has 0 aliphatic rings. The fourth-order valence-electron chi connectivity index (χ4n) is 4.02. The van der Waals surface area contributed by atoms with Gasteiger partial charge in [0.15, 0.2) is 5.69 Å². The van der Waals surface area contributed by atoms with Crippen LogP contribution in [-0.4, -0.2) is 35.5 Å². The third-order valence-electron chi connectivity index (χ3n) is 5.71. The van der Waals surface area contributed by atoms with Crippen LogP contribution < -0.4 is 10.9 Å². The van der Waals surface area contributed by atoms with Crippen LogP contribution >= 0.6 is 0 Å². The molecule has 172 valence electrons. The summed E-state index contributed by atoms with van der Waals surface area (Å²) in [5, 5.41) is 30.4. The minimum atomic E-state index is -0.790. The molecule has 11 heteroatoms. The first-order valence-corrected chi connectivity index (χ1v) is 10.3. The van der Waals surface area contributed by atoms with Gasteiger partial charge in [-0.3, -0.25) is 18.8 Å². The van der Waals surface area contributed by atoms with Gasteiger partial charge in [0, 0.05) is 37.8 Å². The van der Waals surface area contributed by atoms with Gasteiger partial charge < -0.3 is 14.9 Å². The average molecular weight is 459 g/mol. The van der Waals surface area contributed by atoms with Crippen molar-refractivity contribution in [3.63, 3.8) is 0 Å². The Morgan fingerprint density at radius 3 is 2.68 bits per heavy atom. The molecule has 11 nitrogen and oxygen atoms in total. The van der Waals surface area contributed by atoms with Crippen LogP contribution in [0.15, 0.2) is 58.3 Å². The van der Waals surface area contributed by atoms with E-state index in [1.54, 1.807) is 30.1 Å². The van der Waals surface area contributed by atoms with Crippen LogP contribution in [0.4, 0.5) is 5.69 Å². The van der Waals surface area contributed by atoms with Crippen molar-refractivity contribution in [3.05, 3.63) is 87.7 Å². The van der Waals surface area contributed by atoms with Gasteiger partial charge in [-0.15, -0.1) is 0 Å². The molecule has 0 bridgehead atoms. The van der Waals surface area contributed by atoms with E-state index in [2.05, 4.69) is 26.6 Å². The molecule has 4 aromatic rings. The standard InChI is InChI=1S/C23H21N7O4/c1-13(18(17-8-9-25-30(17)3)16-7-5-4-6-14(16)10-24)21-28-19(20(31)23(33)29(21)2)22(32)27-15-11-26-34-12-15/h4-9,11-13,18,31H,1-3H3,(H,27,32)/t13-,18-/m1/s1. The van der Waals surface area contributed by atoms with E-state index in [0.717, 1.165) is 11.3 Å². The van der Waals surface area contributed by atoms with Crippen molar-refractivity contribution >= 4 is 11.6 Å². The highest BCUT2D eigenvalue weighted by atomic mass is 16.5. The monoisotopic (exact) mass is 459 g/mol. The van der Waals surface area contributed by atoms with Crippen molar-refractivity contribution in [2.24, 2.45) is 14.1 Å². The molecule has 2 atom stereocenters. The number of nitrogens with one attached hydrogen (secondary N) is 1. The van der Waals surface area contributed by atoms with Gasteiger partial charge in [-0.2, -0.15) is 10.4 Å². The van der Waals surface area contributed by atoms with E-state index in [9.17, 15) is 20.0 Å². The predicted octanol–water partition coefficient (Wildman–Crippen LogP) is 2.27. The fraction of sp³-hybridized carbons (Fsp3) is 0.217. The van der Waals surface area contributed by atoms with Gasteiger partial charge in [-0.1, -0.05) is 30.3 Å². The number of aromatic nitrogens is 5. The van der Waals surface area contributed by atoms with E-state index < -0.39 is 34.7 Å². The second-order valence-electron chi connectivity index (χ2n) is 7.74. The highest BCUT2D eigenvalue weighted by Gasteiger charge is 2.32. The lowest BCUT2D eigenvalue weighted by molar-refractivity contribution is 0.101. The summed E-state index contributed by atoms with van der Waals surface area (Å²) >= 11 is 0. The number of amides is 1. The zero-order valence-corrected chi connectivity index (χ0v) is 18.6. The predicted molar refractivity (Wildman–Crippen MR) is 120 cm³/mol.